The maximum absolute atomic E-state index is 13.2. The van der Waals surface area contributed by atoms with E-state index in [0.29, 0.717) is 25.1 Å². The molecule has 3 aromatic rings. The van der Waals surface area contributed by atoms with E-state index >= 15 is 0 Å². The highest BCUT2D eigenvalue weighted by Crippen LogP contribution is 2.39. The Morgan fingerprint density at radius 1 is 1.31 bits per heavy atom. The second-order valence-corrected chi connectivity index (χ2v) is 9.38. The second kappa shape index (κ2) is 8.31. The lowest BCUT2D eigenvalue weighted by molar-refractivity contribution is -0.0656. The van der Waals surface area contributed by atoms with Crippen molar-refractivity contribution in [2.24, 2.45) is 0 Å². The Labute approximate surface area is 176 Å². The number of thiophene rings is 1. The monoisotopic (exact) mass is 431 g/mol. The van der Waals surface area contributed by atoms with Gasteiger partial charge in [0, 0.05) is 28.6 Å². The van der Waals surface area contributed by atoms with Crippen molar-refractivity contribution in [1.82, 2.24) is 15.2 Å². The smallest absolute Gasteiger partial charge is 0.251 e. The van der Waals surface area contributed by atoms with Gasteiger partial charge in [-0.2, -0.15) is 0 Å². The van der Waals surface area contributed by atoms with Gasteiger partial charge in [-0.3, -0.25) is 9.69 Å². The van der Waals surface area contributed by atoms with Crippen molar-refractivity contribution >= 4 is 28.6 Å². The zero-order valence-electron chi connectivity index (χ0n) is 15.9. The van der Waals surface area contributed by atoms with Crippen LogP contribution in [-0.4, -0.2) is 39.1 Å². The predicted octanol–water partition coefficient (Wildman–Crippen LogP) is 3.84. The fraction of sp³-hybridized carbons (Fsp3) is 0.333. The van der Waals surface area contributed by atoms with E-state index in [9.17, 15) is 14.3 Å². The number of carbonyl (C=O) groups excluding carboxylic acids is 1. The number of rotatable bonds is 5. The molecule has 8 heteroatoms. The molecule has 0 radical (unpaired) electrons. The summed E-state index contributed by atoms with van der Waals surface area (Å²) in [5.41, 5.74) is -0.715. The lowest BCUT2D eigenvalue weighted by atomic mass is 9.81. The zero-order chi connectivity index (χ0) is 20.4. The van der Waals surface area contributed by atoms with E-state index in [-0.39, 0.29) is 11.9 Å². The SMILES string of the molecule is CC1(O)CCN(Cc2nccs2)C(c2cccs2)C1NC(=O)c1ccc(F)cc1. The van der Waals surface area contributed by atoms with Crippen molar-refractivity contribution < 1.29 is 14.3 Å². The van der Waals surface area contributed by atoms with Crippen molar-refractivity contribution in [1.29, 1.82) is 0 Å². The molecule has 2 aromatic heterocycles. The van der Waals surface area contributed by atoms with Crippen LogP contribution in [0, 0.1) is 5.82 Å². The topological polar surface area (TPSA) is 65.5 Å². The molecule has 0 saturated carbocycles. The number of nitrogens with zero attached hydrogens (tertiary/aromatic N) is 2. The molecular weight excluding hydrogens is 409 g/mol. The van der Waals surface area contributed by atoms with Gasteiger partial charge in [0.05, 0.1) is 24.2 Å². The van der Waals surface area contributed by atoms with Crippen LogP contribution in [0.3, 0.4) is 0 Å². The Bertz CT molecular complexity index is 943. The molecule has 5 nitrogen and oxygen atoms in total. The summed E-state index contributed by atoms with van der Waals surface area (Å²) in [5, 5.41) is 19.2. The molecule has 1 aliphatic heterocycles. The zero-order valence-corrected chi connectivity index (χ0v) is 17.5. The fourth-order valence-electron chi connectivity index (χ4n) is 3.76. The van der Waals surface area contributed by atoms with Gasteiger partial charge in [0.25, 0.3) is 5.91 Å². The summed E-state index contributed by atoms with van der Waals surface area (Å²) >= 11 is 3.20. The first kappa shape index (κ1) is 20.2. The molecule has 0 aliphatic carbocycles. The number of nitrogens with one attached hydrogen (secondary N) is 1. The van der Waals surface area contributed by atoms with Gasteiger partial charge in [-0.15, -0.1) is 22.7 Å². The van der Waals surface area contributed by atoms with E-state index in [0.717, 1.165) is 9.88 Å². The van der Waals surface area contributed by atoms with E-state index in [4.69, 9.17) is 0 Å². The van der Waals surface area contributed by atoms with Gasteiger partial charge in [-0.25, -0.2) is 9.37 Å². The average molecular weight is 432 g/mol. The van der Waals surface area contributed by atoms with Crippen molar-refractivity contribution in [2.45, 2.75) is 37.6 Å². The lowest BCUT2D eigenvalue weighted by Crippen LogP contribution is -2.62. The molecular formula is C21H22FN3O2S2. The minimum Gasteiger partial charge on any atom is -0.388 e. The molecule has 1 saturated heterocycles. The first-order valence-corrected chi connectivity index (χ1v) is 11.1. The second-order valence-electron chi connectivity index (χ2n) is 7.42. The van der Waals surface area contributed by atoms with Crippen LogP contribution in [0.25, 0.3) is 0 Å². The van der Waals surface area contributed by atoms with Gasteiger partial charge in [-0.1, -0.05) is 6.07 Å². The van der Waals surface area contributed by atoms with Crippen LogP contribution >= 0.6 is 22.7 Å². The minimum absolute atomic E-state index is 0.188. The lowest BCUT2D eigenvalue weighted by Gasteiger charge is -2.48. The molecule has 1 amide bonds. The number of piperidine rings is 1. The summed E-state index contributed by atoms with van der Waals surface area (Å²) in [7, 11) is 0. The standard InChI is InChI=1S/C21H22FN3O2S2/c1-21(27)8-10-25(13-17-23-9-12-29-17)18(16-3-2-11-28-16)19(21)24-20(26)14-4-6-15(22)7-5-14/h2-7,9,11-12,18-19,27H,8,10,13H2,1H3,(H,24,26). The van der Waals surface area contributed by atoms with Crippen molar-refractivity contribution in [2.75, 3.05) is 6.54 Å². The van der Waals surface area contributed by atoms with Crippen molar-refractivity contribution in [3.05, 3.63) is 74.6 Å². The molecule has 29 heavy (non-hydrogen) atoms. The summed E-state index contributed by atoms with van der Waals surface area (Å²) in [6.07, 6.45) is 2.31. The maximum Gasteiger partial charge on any atom is 0.251 e. The number of amides is 1. The Morgan fingerprint density at radius 3 is 2.76 bits per heavy atom. The highest BCUT2D eigenvalue weighted by Gasteiger charge is 2.46. The van der Waals surface area contributed by atoms with Crippen LogP contribution in [0.1, 0.15) is 39.6 Å². The van der Waals surface area contributed by atoms with Gasteiger partial charge >= 0.3 is 0 Å². The predicted molar refractivity (Wildman–Crippen MR) is 112 cm³/mol. The number of carbonyl (C=O) groups is 1. The quantitative estimate of drug-likeness (QED) is 0.644. The van der Waals surface area contributed by atoms with Crippen molar-refractivity contribution in [3.63, 3.8) is 0 Å². The van der Waals surface area contributed by atoms with Crippen LogP contribution < -0.4 is 5.32 Å². The summed E-state index contributed by atoms with van der Waals surface area (Å²) < 4.78 is 13.2. The Hall–Kier alpha value is -2.13. The van der Waals surface area contributed by atoms with Crippen LogP contribution in [0.2, 0.25) is 0 Å². The largest absolute Gasteiger partial charge is 0.388 e. The number of hydrogen-bond donors (Lipinski definition) is 2. The number of aromatic nitrogens is 1. The first-order valence-electron chi connectivity index (χ1n) is 9.39. The van der Waals surface area contributed by atoms with Crippen molar-refractivity contribution in [3.8, 4) is 0 Å². The summed E-state index contributed by atoms with van der Waals surface area (Å²) in [5.74, 6) is -0.717. The third-order valence-corrected chi connectivity index (χ3v) is 7.04. The molecule has 0 spiro atoms. The van der Waals surface area contributed by atoms with Gasteiger partial charge in [0.15, 0.2) is 0 Å². The molecule has 2 N–H and O–H groups in total. The van der Waals surface area contributed by atoms with Crippen LogP contribution in [0.4, 0.5) is 4.39 Å². The van der Waals surface area contributed by atoms with Gasteiger partial charge in [-0.05, 0) is 49.1 Å². The third-order valence-electron chi connectivity index (χ3n) is 5.33. The van der Waals surface area contributed by atoms with Gasteiger partial charge in [0.2, 0.25) is 0 Å². The van der Waals surface area contributed by atoms with E-state index < -0.39 is 17.5 Å². The molecule has 3 atom stereocenters. The Kier molecular flexibility index (Phi) is 5.78. The van der Waals surface area contributed by atoms with E-state index in [1.54, 1.807) is 35.8 Å². The highest BCUT2D eigenvalue weighted by atomic mass is 32.1. The number of thiazole rings is 1. The summed E-state index contributed by atoms with van der Waals surface area (Å²) in [6.45, 7) is 3.11. The van der Waals surface area contributed by atoms with Gasteiger partial charge in [0.1, 0.15) is 10.8 Å². The molecule has 3 heterocycles. The Balaban J connectivity index is 1.65. The minimum atomic E-state index is -1.08. The first-order chi connectivity index (χ1) is 13.9. The summed E-state index contributed by atoms with van der Waals surface area (Å²) in [4.78, 5) is 20.6. The fourth-order valence-corrected chi connectivity index (χ4v) is 5.30. The molecule has 1 fully saturated rings. The molecule has 4 rings (SSSR count). The maximum atomic E-state index is 13.2. The van der Waals surface area contributed by atoms with E-state index in [2.05, 4.69) is 15.2 Å². The number of aliphatic hydroxyl groups is 1. The Morgan fingerprint density at radius 2 is 2.10 bits per heavy atom. The van der Waals surface area contributed by atoms with E-state index in [1.807, 2.05) is 22.9 Å². The normalized spacial score (nSPS) is 25.1. The van der Waals surface area contributed by atoms with E-state index in [1.165, 1.54) is 24.3 Å². The molecule has 1 aromatic carbocycles. The number of likely N-dealkylation sites (tertiary alicyclic amines) is 1. The summed E-state index contributed by atoms with van der Waals surface area (Å²) in [6, 6.07) is 8.73. The van der Waals surface area contributed by atoms with Crippen LogP contribution in [0.5, 0.6) is 0 Å². The number of hydrogen-bond acceptors (Lipinski definition) is 6. The van der Waals surface area contributed by atoms with Crippen LogP contribution in [0.15, 0.2) is 53.4 Å². The highest BCUT2D eigenvalue weighted by molar-refractivity contribution is 7.10. The average Bonchev–Trinajstić information content (AvgIpc) is 3.39. The number of halogens is 1. The molecule has 152 valence electrons. The van der Waals surface area contributed by atoms with Gasteiger partial charge < -0.3 is 10.4 Å². The van der Waals surface area contributed by atoms with Crippen LogP contribution in [-0.2, 0) is 6.54 Å². The number of benzene rings is 1. The molecule has 1 aliphatic rings. The third kappa shape index (κ3) is 4.40. The molecule has 3 unspecified atom stereocenters. The molecule has 0 bridgehead atoms.